The molecule has 0 bridgehead atoms. The molecule has 0 aliphatic heterocycles. The Morgan fingerprint density at radius 3 is 2.54 bits per heavy atom. The molecule has 2 heterocycles. The fourth-order valence-corrected chi connectivity index (χ4v) is 3.97. The van der Waals surface area contributed by atoms with E-state index < -0.39 is 11.7 Å². The Morgan fingerprint density at radius 1 is 1.12 bits per heavy atom. The highest BCUT2D eigenvalue weighted by Crippen LogP contribution is 2.29. The highest BCUT2D eigenvalue weighted by atomic mass is 32.1. The maximum absolute atomic E-state index is 12.5. The first-order valence-corrected chi connectivity index (χ1v) is 9.59. The Balaban J connectivity index is 1.46. The van der Waals surface area contributed by atoms with Crippen LogP contribution in [0.5, 0.6) is 0 Å². The zero-order chi connectivity index (χ0) is 18.6. The Labute approximate surface area is 156 Å². The molecule has 0 saturated heterocycles. The number of thiophene rings is 1. The Bertz CT molecular complexity index is 855. The molecule has 2 aromatic heterocycles. The summed E-state index contributed by atoms with van der Waals surface area (Å²) in [7, 11) is 0. The zero-order valence-electron chi connectivity index (χ0n) is 13.5. The molecule has 0 radical (unpaired) electrons. The van der Waals surface area contributed by atoms with Gasteiger partial charge in [-0.25, -0.2) is 4.98 Å². The van der Waals surface area contributed by atoms with Crippen LogP contribution < -0.4 is 5.32 Å². The monoisotopic (exact) mass is 396 g/mol. The van der Waals surface area contributed by atoms with E-state index in [-0.39, 0.29) is 12.3 Å². The summed E-state index contributed by atoms with van der Waals surface area (Å²) >= 11 is 3.10. The normalized spacial score (nSPS) is 11.5. The van der Waals surface area contributed by atoms with Crippen LogP contribution in [0.4, 0.5) is 13.2 Å². The molecule has 1 amide bonds. The number of amides is 1. The number of rotatable bonds is 6. The maximum atomic E-state index is 12.5. The Kier molecular flexibility index (Phi) is 5.73. The molecule has 1 N–H and O–H groups in total. The lowest BCUT2D eigenvalue weighted by Crippen LogP contribution is -2.27. The van der Waals surface area contributed by atoms with E-state index in [0.29, 0.717) is 18.7 Å². The number of hydrogen-bond acceptors (Lipinski definition) is 4. The number of benzene rings is 1. The van der Waals surface area contributed by atoms with Gasteiger partial charge in [0.15, 0.2) is 0 Å². The van der Waals surface area contributed by atoms with Crippen molar-refractivity contribution in [1.82, 2.24) is 10.3 Å². The number of carbonyl (C=O) groups is 1. The van der Waals surface area contributed by atoms with Gasteiger partial charge in [0.25, 0.3) is 0 Å². The maximum Gasteiger partial charge on any atom is 0.416 e. The number of aromatic nitrogens is 1. The van der Waals surface area contributed by atoms with E-state index in [0.717, 1.165) is 27.6 Å². The molecule has 0 atom stereocenters. The molecule has 0 aliphatic carbocycles. The molecular weight excluding hydrogens is 381 g/mol. The number of nitrogens with zero attached hydrogens (tertiary/aromatic N) is 1. The third-order valence-electron chi connectivity index (χ3n) is 3.64. The lowest BCUT2D eigenvalue weighted by Gasteiger charge is -2.08. The molecule has 0 spiro atoms. The molecule has 136 valence electrons. The molecule has 8 heteroatoms. The Hall–Kier alpha value is -2.19. The molecule has 0 unspecified atom stereocenters. The van der Waals surface area contributed by atoms with Gasteiger partial charge in [0.2, 0.25) is 5.91 Å². The summed E-state index contributed by atoms with van der Waals surface area (Å²) in [5.74, 6) is -0.153. The molecule has 26 heavy (non-hydrogen) atoms. The zero-order valence-corrected chi connectivity index (χ0v) is 15.2. The molecular formula is C18H15F3N2OS2. The lowest BCUT2D eigenvalue weighted by atomic mass is 10.1. The van der Waals surface area contributed by atoms with Crippen LogP contribution >= 0.6 is 22.7 Å². The molecule has 0 saturated carbocycles. The smallest absolute Gasteiger partial charge is 0.355 e. The van der Waals surface area contributed by atoms with Crippen molar-refractivity contribution in [1.29, 1.82) is 0 Å². The van der Waals surface area contributed by atoms with Crippen molar-refractivity contribution in [2.24, 2.45) is 0 Å². The standard InChI is InChI=1S/C18H15F3N2OS2/c19-18(20,21)13-5-3-12(4-6-13)7-8-22-16(24)10-14-11-26-17(23-14)15-2-1-9-25-15/h1-6,9,11H,7-8,10H2,(H,22,24). The van der Waals surface area contributed by atoms with Gasteiger partial charge < -0.3 is 5.32 Å². The van der Waals surface area contributed by atoms with Gasteiger partial charge in [-0.05, 0) is 35.6 Å². The van der Waals surface area contributed by atoms with Crippen molar-refractivity contribution in [3.05, 3.63) is 64.0 Å². The van der Waals surface area contributed by atoms with E-state index >= 15 is 0 Å². The molecule has 0 fully saturated rings. The first-order chi connectivity index (χ1) is 12.4. The Morgan fingerprint density at radius 2 is 1.88 bits per heavy atom. The first-order valence-electron chi connectivity index (χ1n) is 7.83. The largest absolute Gasteiger partial charge is 0.416 e. The van der Waals surface area contributed by atoms with Gasteiger partial charge >= 0.3 is 6.18 Å². The van der Waals surface area contributed by atoms with Crippen LogP contribution in [-0.4, -0.2) is 17.4 Å². The number of halogens is 3. The summed E-state index contributed by atoms with van der Waals surface area (Å²) in [4.78, 5) is 17.5. The van der Waals surface area contributed by atoms with E-state index in [1.165, 1.54) is 23.5 Å². The van der Waals surface area contributed by atoms with Gasteiger partial charge in [-0.1, -0.05) is 18.2 Å². The predicted octanol–water partition coefficient (Wildman–Crippen LogP) is 4.79. The second-order valence-corrected chi connectivity index (χ2v) is 7.40. The van der Waals surface area contributed by atoms with Gasteiger partial charge in [-0.2, -0.15) is 13.2 Å². The topological polar surface area (TPSA) is 42.0 Å². The number of carbonyl (C=O) groups excluding carboxylic acids is 1. The number of thiazole rings is 1. The third-order valence-corrected chi connectivity index (χ3v) is 5.57. The van der Waals surface area contributed by atoms with E-state index in [9.17, 15) is 18.0 Å². The first kappa shape index (κ1) is 18.6. The van der Waals surface area contributed by atoms with Gasteiger partial charge in [-0.15, -0.1) is 22.7 Å². The van der Waals surface area contributed by atoms with E-state index in [2.05, 4.69) is 10.3 Å². The average Bonchev–Trinajstić information content (AvgIpc) is 3.25. The minimum Gasteiger partial charge on any atom is -0.355 e. The van der Waals surface area contributed by atoms with Crippen LogP contribution in [0.25, 0.3) is 9.88 Å². The van der Waals surface area contributed by atoms with Crippen LogP contribution in [-0.2, 0) is 23.8 Å². The number of nitrogens with one attached hydrogen (secondary N) is 1. The summed E-state index contributed by atoms with van der Waals surface area (Å²) < 4.78 is 37.5. The minimum atomic E-state index is -4.33. The highest BCUT2D eigenvalue weighted by Gasteiger charge is 2.29. The SMILES string of the molecule is O=C(Cc1csc(-c2cccs2)n1)NCCc1ccc(C(F)(F)F)cc1. The molecule has 1 aromatic carbocycles. The van der Waals surface area contributed by atoms with Crippen molar-refractivity contribution in [2.45, 2.75) is 19.0 Å². The number of hydrogen-bond donors (Lipinski definition) is 1. The predicted molar refractivity (Wildman–Crippen MR) is 97.3 cm³/mol. The lowest BCUT2D eigenvalue weighted by molar-refractivity contribution is -0.137. The van der Waals surface area contributed by atoms with Crippen molar-refractivity contribution in [2.75, 3.05) is 6.54 Å². The van der Waals surface area contributed by atoms with E-state index in [1.807, 2.05) is 22.9 Å². The second kappa shape index (κ2) is 8.01. The van der Waals surface area contributed by atoms with Crippen LogP contribution in [0.15, 0.2) is 47.2 Å². The summed E-state index contributed by atoms with van der Waals surface area (Å²) in [6, 6.07) is 8.91. The third kappa shape index (κ3) is 4.92. The van der Waals surface area contributed by atoms with E-state index in [1.54, 1.807) is 11.3 Å². The second-order valence-electron chi connectivity index (χ2n) is 5.59. The van der Waals surface area contributed by atoms with Gasteiger partial charge in [0.1, 0.15) is 5.01 Å². The fraction of sp³-hybridized carbons (Fsp3) is 0.222. The minimum absolute atomic E-state index is 0.153. The van der Waals surface area contributed by atoms with Crippen molar-refractivity contribution >= 4 is 28.6 Å². The average molecular weight is 396 g/mol. The van der Waals surface area contributed by atoms with Gasteiger partial charge in [-0.3, -0.25) is 4.79 Å². The van der Waals surface area contributed by atoms with Crippen LogP contribution in [0.3, 0.4) is 0 Å². The van der Waals surface area contributed by atoms with Crippen LogP contribution in [0, 0.1) is 0 Å². The summed E-state index contributed by atoms with van der Waals surface area (Å²) in [6.45, 7) is 0.367. The van der Waals surface area contributed by atoms with Crippen molar-refractivity contribution in [3.8, 4) is 9.88 Å². The van der Waals surface area contributed by atoms with Gasteiger partial charge in [0, 0.05) is 11.9 Å². The van der Waals surface area contributed by atoms with Crippen LogP contribution in [0.2, 0.25) is 0 Å². The molecule has 3 nitrogen and oxygen atoms in total. The summed E-state index contributed by atoms with van der Waals surface area (Å²) in [5.41, 5.74) is 0.785. The molecule has 3 rings (SSSR count). The summed E-state index contributed by atoms with van der Waals surface area (Å²) in [6.07, 6.45) is -3.67. The fourth-order valence-electron chi connectivity index (χ4n) is 2.34. The molecule has 3 aromatic rings. The summed E-state index contributed by atoms with van der Waals surface area (Å²) in [5, 5.41) is 7.51. The van der Waals surface area contributed by atoms with Gasteiger partial charge in [0.05, 0.1) is 22.6 Å². The quantitative estimate of drug-likeness (QED) is 0.651. The molecule has 0 aliphatic rings. The number of alkyl halides is 3. The van der Waals surface area contributed by atoms with Crippen molar-refractivity contribution < 1.29 is 18.0 Å². The van der Waals surface area contributed by atoms with Crippen molar-refractivity contribution in [3.63, 3.8) is 0 Å². The van der Waals surface area contributed by atoms with E-state index in [4.69, 9.17) is 0 Å². The highest BCUT2D eigenvalue weighted by molar-refractivity contribution is 7.20. The van der Waals surface area contributed by atoms with Crippen LogP contribution in [0.1, 0.15) is 16.8 Å².